The van der Waals surface area contributed by atoms with Crippen LogP contribution in [-0.4, -0.2) is 29.5 Å². The van der Waals surface area contributed by atoms with Gasteiger partial charge in [0.2, 0.25) is 0 Å². The second-order valence-electron chi connectivity index (χ2n) is 7.72. The topological polar surface area (TPSA) is 109 Å². The summed E-state index contributed by atoms with van der Waals surface area (Å²) in [4.78, 5) is 8.45. The first-order valence-corrected chi connectivity index (χ1v) is 11.5. The predicted octanol–water partition coefficient (Wildman–Crippen LogP) is 4.96. The quantitative estimate of drug-likeness (QED) is 0.374. The number of unbranched alkanes of at least 4 members (excludes halogenated alkanes) is 2. The molecule has 0 N–H and O–H groups in total. The zero-order chi connectivity index (χ0) is 24.2. The van der Waals surface area contributed by atoms with Crippen LogP contribution in [-0.2, 0) is 12.8 Å². The lowest BCUT2D eigenvalue weighted by Crippen LogP contribution is -2.04. The van der Waals surface area contributed by atoms with E-state index in [1.54, 1.807) is 52.2 Å². The second kappa shape index (κ2) is 12.7. The summed E-state index contributed by atoms with van der Waals surface area (Å²) >= 11 is 0. The maximum absolute atomic E-state index is 8.86. The fraction of sp³-hybridized carbons (Fsp3) is 0.308. The van der Waals surface area contributed by atoms with E-state index >= 15 is 0 Å². The van der Waals surface area contributed by atoms with Crippen molar-refractivity contribution in [1.82, 2.24) is 29.5 Å². The van der Waals surface area contributed by atoms with Gasteiger partial charge in [-0.25, -0.2) is 19.3 Å². The Balaban J connectivity index is 0.000000191. The summed E-state index contributed by atoms with van der Waals surface area (Å²) in [5.41, 5.74) is 3.40. The number of aryl methyl sites for hydroxylation is 2. The van der Waals surface area contributed by atoms with Gasteiger partial charge in [-0.15, -0.1) is 0 Å². The Morgan fingerprint density at radius 2 is 1.44 bits per heavy atom. The first-order chi connectivity index (χ1) is 16.7. The molecule has 4 rings (SSSR count). The lowest BCUT2D eigenvalue weighted by Gasteiger charge is -2.05. The normalized spacial score (nSPS) is 10.1. The average molecular weight is 453 g/mol. The Morgan fingerprint density at radius 1 is 0.794 bits per heavy atom. The van der Waals surface area contributed by atoms with Gasteiger partial charge in [0, 0.05) is 42.6 Å². The number of hydrogen-bond donors (Lipinski definition) is 0. The van der Waals surface area contributed by atoms with E-state index < -0.39 is 0 Å². The fourth-order valence-electron chi connectivity index (χ4n) is 3.28. The molecule has 4 heterocycles. The van der Waals surface area contributed by atoms with Crippen LogP contribution in [0.15, 0.2) is 61.2 Å². The molecule has 0 aliphatic heterocycles. The van der Waals surface area contributed by atoms with E-state index in [4.69, 9.17) is 10.5 Å². The molecular formula is C26H28N8. The molecule has 0 aromatic carbocycles. The van der Waals surface area contributed by atoms with E-state index in [1.807, 2.05) is 18.3 Å². The molecular weight excluding hydrogens is 424 g/mol. The standard InChI is InChI=1S/2C13H14N4/c1-2-3-4-12-6-8-17(16-12)13-9-11(10-14)5-7-15-13;1-2-3-4-12-6-8-16-17(12)13-9-11(10-14)5-7-15-13/h2*5-9H,2-4H2,1H3. The fourth-order valence-corrected chi connectivity index (χ4v) is 3.28. The summed E-state index contributed by atoms with van der Waals surface area (Å²) in [7, 11) is 0. The van der Waals surface area contributed by atoms with Crippen molar-refractivity contribution in [1.29, 1.82) is 10.5 Å². The zero-order valence-electron chi connectivity index (χ0n) is 19.6. The SMILES string of the molecule is CCCCc1ccn(-c2cc(C#N)ccn2)n1.CCCCc1ccnn1-c1cc(C#N)ccn1. The third kappa shape index (κ3) is 6.60. The van der Waals surface area contributed by atoms with Crippen LogP contribution in [0, 0.1) is 22.7 Å². The minimum atomic E-state index is 0.598. The highest BCUT2D eigenvalue weighted by Crippen LogP contribution is 2.12. The molecule has 0 bridgehead atoms. The molecule has 0 aliphatic rings. The summed E-state index contributed by atoms with van der Waals surface area (Å²) in [6, 6.07) is 15.1. The molecule has 0 unspecified atom stereocenters. The molecule has 0 amide bonds. The number of nitrogens with zero attached hydrogens (tertiary/aromatic N) is 8. The molecule has 4 aromatic heterocycles. The monoisotopic (exact) mass is 452 g/mol. The molecule has 0 spiro atoms. The summed E-state index contributed by atoms with van der Waals surface area (Å²) in [6.07, 6.45) is 13.5. The van der Waals surface area contributed by atoms with Crippen molar-refractivity contribution in [3.05, 3.63) is 83.7 Å². The third-order valence-electron chi connectivity index (χ3n) is 5.14. The van der Waals surface area contributed by atoms with Gasteiger partial charge in [-0.1, -0.05) is 26.7 Å². The number of hydrogen-bond acceptors (Lipinski definition) is 6. The van der Waals surface area contributed by atoms with Crippen molar-refractivity contribution >= 4 is 0 Å². The molecule has 0 saturated heterocycles. The Kier molecular flexibility index (Phi) is 9.07. The van der Waals surface area contributed by atoms with Crippen molar-refractivity contribution in [3.8, 4) is 23.8 Å². The highest BCUT2D eigenvalue weighted by molar-refractivity contribution is 5.36. The van der Waals surface area contributed by atoms with Gasteiger partial charge in [0.1, 0.15) is 0 Å². The van der Waals surface area contributed by atoms with Gasteiger partial charge in [0.25, 0.3) is 0 Å². The molecule has 172 valence electrons. The first kappa shape index (κ1) is 24.3. The maximum Gasteiger partial charge on any atom is 0.154 e. The van der Waals surface area contributed by atoms with Crippen LogP contribution in [0.3, 0.4) is 0 Å². The molecule has 4 aromatic rings. The Morgan fingerprint density at radius 3 is 2.12 bits per heavy atom. The first-order valence-electron chi connectivity index (χ1n) is 11.5. The van der Waals surface area contributed by atoms with E-state index in [1.165, 1.54) is 0 Å². The number of nitriles is 2. The van der Waals surface area contributed by atoms with Gasteiger partial charge in [0.15, 0.2) is 11.6 Å². The van der Waals surface area contributed by atoms with Crippen molar-refractivity contribution in [2.75, 3.05) is 0 Å². The summed E-state index contributed by atoms with van der Waals surface area (Å²) in [5, 5.41) is 26.4. The third-order valence-corrected chi connectivity index (χ3v) is 5.14. The van der Waals surface area contributed by atoms with Crippen LogP contribution in [0.2, 0.25) is 0 Å². The Hall–Kier alpha value is -4.30. The van der Waals surface area contributed by atoms with Crippen LogP contribution < -0.4 is 0 Å². The van der Waals surface area contributed by atoms with Crippen LogP contribution in [0.25, 0.3) is 11.6 Å². The predicted molar refractivity (Wildman–Crippen MR) is 129 cm³/mol. The van der Waals surface area contributed by atoms with Crippen molar-refractivity contribution < 1.29 is 0 Å². The van der Waals surface area contributed by atoms with Crippen LogP contribution >= 0.6 is 0 Å². The van der Waals surface area contributed by atoms with E-state index in [9.17, 15) is 0 Å². The number of aromatic nitrogens is 6. The Bertz CT molecular complexity index is 1270. The molecule has 0 radical (unpaired) electrons. The van der Waals surface area contributed by atoms with E-state index in [0.717, 1.165) is 49.9 Å². The summed E-state index contributed by atoms with van der Waals surface area (Å²) in [5.74, 6) is 1.40. The molecule has 8 nitrogen and oxygen atoms in total. The van der Waals surface area contributed by atoms with Crippen LogP contribution in [0.4, 0.5) is 0 Å². The van der Waals surface area contributed by atoms with Gasteiger partial charge < -0.3 is 0 Å². The van der Waals surface area contributed by atoms with Crippen molar-refractivity contribution in [2.45, 2.75) is 52.4 Å². The van der Waals surface area contributed by atoms with E-state index in [2.05, 4.69) is 46.2 Å². The summed E-state index contributed by atoms with van der Waals surface area (Å²) < 4.78 is 3.52. The molecule has 8 heteroatoms. The lowest BCUT2D eigenvalue weighted by atomic mass is 10.2. The minimum Gasteiger partial charge on any atom is -0.237 e. The number of pyridine rings is 2. The van der Waals surface area contributed by atoms with Crippen LogP contribution in [0.5, 0.6) is 0 Å². The van der Waals surface area contributed by atoms with E-state index in [-0.39, 0.29) is 0 Å². The van der Waals surface area contributed by atoms with Gasteiger partial charge in [-0.05, 0) is 49.9 Å². The largest absolute Gasteiger partial charge is 0.237 e. The number of rotatable bonds is 8. The van der Waals surface area contributed by atoms with Gasteiger partial charge in [0.05, 0.1) is 29.0 Å². The molecule has 0 aliphatic carbocycles. The lowest BCUT2D eigenvalue weighted by molar-refractivity contribution is 0.719. The minimum absolute atomic E-state index is 0.598. The summed E-state index contributed by atoms with van der Waals surface area (Å²) in [6.45, 7) is 4.32. The molecule has 0 atom stereocenters. The molecule has 0 saturated carbocycles. The zero-order valence-corrected chi connectivity index (χ0v) is 19.6. The van der Waals surface area contributed by atoms with E-state index in [0.29, 0.717) is 22.8 Å². The molecule has 0 fully saturated rings. The van der Waals surface area contributed by atoms with Crippen molar-refractivity contribution in [2.24, 2.45) is 0 Å². The van der Waals surface area contributed by atoms with Gasteiger partial charge >= 0.3 is 0 Å². The second-order valence-corrected chi connectivity index (χ2v) is 7.72. The average Bonchev–Trinajstić information content (AvgIpc) is 3.56. The maximum atomic E-state index is 8.86. The van der Waals surface area contributed by atoms with Gasteiger partial charge in [-0.2, -0.15) is 20.7 Å². The molecule has 34 heavy (non-hydrogen) atoms. The van der Waals surface area contributed by atoms with Gasteiger partial charge in [-0.3, -0.25) is 0 Å². The van der Waals surface area contributed by atoms with Crippen molar-refractivity contribution in [3.63, 3.8) is 0 Å². The highest BCUT2D eigenvalue weighted by Gasteiger charge is 2.06. The Labute approximate surface area is 200 Å². The smallest absolute Gasteiger partial charge is 0.154 e. The highest BCUT2D eigenvalue weighted by atomic mass is 15.3. The van der Waals surface area contributed by atoms with Crippen LogP contribution in [0.1, 0.15) is 62.0 Å².